The summed E-state index contributed by atoms with van der Waals surface area (Å²) in [7, 11) is 2.13. The molecule has 1 aliphatic carbocycles. The summed E-state index contributed by atoms with van der Waals surface area (Å²) < 4.78 is 21.6. The standard InChI is InChI=1S/C29H37FN6O2S/c1-3-23(37)18-20-4-6-21(7-5-20)31-28-27-25(10-17-39-27)33-29(34-28)32-22-8-9-26(24(30)19-22)38-16-15-36-13-11-35(2)12-14-36/h3,8-10,17,19-21H,1,4-7,11-16,18H2,2H3,(H2,31,32,33,34). The van der Waals surface area contributed by atoms with Crippen LogP contribution in [0.1, 0.15) is 32.1 Å². The van der Waals surface area contributed by atoms with Gasteiger partial charge in [0.2, 0.25) is 5.95 Å². The molecule has 1 saturated heterocycles. The number of hydrogen-bond acceptors (Lipinski definition) is 9. The van der Waals surface area contributed by atoms with Gasteiger partial charge in [0.05, 0.1) is 10.2 Å². The summed E-state index contributed by atoms with van der Waals surface area (Å²) >= 11 is 1.60. The number of nitrogens with zero attached hydrogens (tertiary/aromatic N) is 4. The summed E-state index contributed by atoms with van der Waals surface area (Å²) in [6, 6.07) is 7.11. The van der Waals surface area contributed by atoms with Crippen LogP contribution in [-0.4, -0.2) is 78.0 Å². The van der Waals surface area contributed by atoms with E-state index in [1.54, 1.807) is 23.5 Å². The minimum Gasteiger partial charge on any atom is -0.489 e. The van der Waals surface area contributed by atoms with Crippen LogP contribution in [0.25, 0.3) is 10.2 Å². The Bertz CT molecular complexity index is 1280. The smallest absolute Gasteiger partial charge is 0.229 e. The van der Waals surface area contributed by atoms with Gasteiger partial charge in [-0.15, -0.1) is 11.3 Å². The van der Waals surface area contributed by atoms with E-state index in [9.17, 15) is 9.18 Å². The largest absolute Gasteiger partial charge is 0.489 e. The molecule has 0 bridgehead atoms. The molecule has 0 spiro atoms. The molecule has 1 aliphatic heterocycles. The number of carbonyl (C=O) groups is 1. The number of aromatic nitrogens is 2. The second-order valence-electron chi connectivity index (χ2n) is 10.5. The Morgan fingerprint density at radius 2 is 1.97 bits per heavy atom. The van der Waals surface area contributed by atoms with Gasteiger partial charge >= 0.3 is 0 Å². The summed E-state index contributed by atoms with van der Waals surface area (Å²) in [4.78, 5) is 25.8. The van der Waals surface area contributed by atoms with Crippen molar-refractivity contribution in [1.82, 2.24) is 19.8 Å². The van der Waals surface area contributed by atoms with Gasteiger partial charge in [0.25, 0.3) is 0 Å². The van der Waals surface area contributed by atoms with Crippen molar-refractivity contribution in [2.75, 3.05) is 57.0 Å². The van der Waals surface area contributed by atoms with Gasteiger partial charge in [-0.2, -0.15) is 4.98 Å². The van der Waals surface area contributed by atoms with E-state index in [1.807, 2.05) is 11.4 Å². The Kier molecular flexibility index (Phi) is 9.06. The van der Waals surface area contributed by atoms with Crippen LogP contribution in [0.3, 0.4) is 0 Å². The van der Waals surface area contributed by atoms with E-state index < -0.39 is 5.82 Å². The van der Waals surface area contributed by atoms with Gasteiger partial charge in [0.15, 0.2) is 17.3 Å². The van der Waals surface area contributed by atoms with Crippen molar-refractivity contribution in [1.29, 1.82) is 0 Å². The summed E-state index contributed by atoms with van der Waals surface area (Å²) in [6.07, 6.45) is 5.99. The number of thiophene rings is 1. The molecule has 1 saturated carbocycles. The molecule has 0 radical (unpaired) electrons. The van der Waals surface area contributed by atoms with Gasteiger partial charge in [-0.25, -0.2) is 9.37 Å². The molecule has 2 N–H and O–H groups in total. The van der Waals surface area contributed by atoms with Crippen molar-refractivity contribution < 1.29 is 13.9 Å². The van der Waals surface area contributed by atoms with Gasteiger partial charge in [0, 0.05) is 56.9 Å². The number of carbonyl (C=O) groups excluding carboxylic acids is 1. The van der Waals surface area contributed by atoms with Crippen molar-refractivity contribution in [2.45, 2.75) is 38.1 Å². The topological polar surface area (TPSA) is 82.6 Å². The lowest BCUT2D eigenvalue weighted by atomic mass is 9.83. The van der Waals surface area contributed by atoms with E-state index in [4.69, 9.17) is 9.72 Å². The van der Waals surface area contributed by atoms with E-state index >= 15 is 0 Å². The minimum absolute atomic E-state index is 0.125. The van der Waals surface area contributed by atoms with Crippen LogP contribution >= 0.6 is 11.3 Å². The third kappa shape index (κ3) is 7.32. The van der Waals surface area contributed by atoms with Crippen LogP contribution < -0.4 is 15.4 Å². The molecule has 8 nitrogen and oxygen atoms in total. The Morgan fingerprint density at radius 3 is 2.72 bits per heavy atom. The number of hydrogen-bond donors (Lipinski definition) is 2. The van der Waals surface area contributed by atoms with Crippen LogP contribution in [0.2, 0.25) is 0 Å². The fourth-order valence-electron chi connectivity index (χ4n) is 5.27. The van der Waals surface area contributed by atoms with E-state index in [0.29, 0.717) is 30.6 Å². The Labute approximate surface area is 233 Å². The summed E-state index contributed by atoms with van der Waals surface area (Å²) in [5.74, 6) is 1.58. The molecule has 2 aromatic heterocycles. The van der Waals surface area contributed by atoms with Crippen LogP contribution in [0, 0.1) is 11.7 Å². The third-order valence-electron chi connectivity index (χ3n) is 7.66. The molecule has 1 aromatic carbocycles. The predicted octanol–water partition coefficient (Wildman–Crippen LogP) is 5.32. The van der Waals surface area contributed by atoms with Gasteiger partial charge in [-0.3, -0.25) is 9.69 Å². The lowest BCUT2D eigenvalue weighted by Gasteiger charge is -2.32. The number of anilines is 3. The maximum Gasteiger partial charge on any atom is 0.229 e. The zero-order valence-corrected chi connectivity index (χ0v) is 23.3. The second-order valence-corrected chi connectivity index (χ2v) is 11.4. The first-order chi connectivity index (χ1) is 19.0. The molecule has 2 fully saturated rings. The molecule has 3 aromatic rings. The summed E-state index contributed by atoms with van der Waals surface area (Å²) in [5, 5.41) is 8.78. The predicted molar refractivity (Wildman–Crippen MR) is 156 cm³/mol. The van der Waals surface area contributed by atoms with Gasteiger partial charge in [0.1, 0.15) is 12.4 Å². The average molecular weight is 553 g/mol. The number of rotatable bonds is 11. The first-order valence-electron chi connectivity index (χ1n) is 13.7. The van der Waals surface area contributed by atoms with Crippen LogP contribution in [-0.2, 0) is 4.79 Å². The zero-order valence-electron chi connectivity index (χ0n) is 22.5. The van der Waals surface area contributed by atoms with E-state index in [1.165, 1.54) is 12.1 Å². The molecular weight excluding hydrogens is 515 g/mol. The lowest BCUT2D eigenvalue weighted by molar-refractivity contribution is -0.115. The third-order valence-corrected chi connectivity index (χ3v) is 8.57. The number of fused-ring (bicyclic) bond motifs is 1. The fourth-order valence-corrected chi connectivity index (χ4v) is 6.05. The number of likely N-dealkylation sites (N-methyl/N-ethyl adjacent to an activating group) is 1. The Balaban J connectivity index is 1.19. The Hall–Kier alpha value is -3.08. The number of benzene rings is 1. The average Bonchev–Trinajstić information content (AvgIpc) is 3.41. The van der Waals surface area contributed by atoms with Crippen LogP contribution in [0.4, 0.5) is 21.8 Å². The van der Waals surface area contributed by atoms with Crippen molar-refractivity contribution in [3.8, 4) is 5.75 Å². The quantitative estimate of drug-likeness (QED) is 0.310. The monoisotopic (exact) mass is 552 g/mol. The number of allylic oxidation sites excluding steroid dienone is 1. The summed E-state index contributed by atoms with van der Waals surface area (Å²) in [6.45, 7) is 8.93. The van der Waals surface area contributed by atoms with Gasteiger partial charge < -0.3 is 20.3 Å². The normalized spacial score (nSPS) is 20.6. The highest BCUT2D eigenvalue weighted by molar-refractivity contribution is 7.17. The Morgan fingerprint density at radius 1 is 1.18 bits per heavy atom. The lowest BCUT2D eigenvalue weighted by Crippen LogP contribution is -2.45. The maximum atomic E-state index is 14.8. The molecule has 0 amide bonds. The molecule has 2 aliphatic rings. The maximum absolute atomic E-state index is 14.8. The number of nitrogens with one attached hydrogen (secondary N) is 2. The summed E-state index contributed by atoms with van der Waals surface area (Å²) in [5.41, 5.74) is 1.40. The van der Waals surface area contributed by atoms with Crippen molar-refractivity contribution >= 4 is 44.8 Å². The first-order valence-corrected chi connectivity index (χ1v) is 14.6. The molecule has 5 rings (SSSR count). The van der Waals surface area contributed by atoms with E-state index in [0.717, 1.165) is 74.4 Å². The minimum atomic E-state index is -0.417. The van der Waals surface area contributed by atoms with Gasteiger partial charge in [-0.1, -0.05) is 6.58 Å². The van der Waals surface area contributed by atoms with Crippen molar-refractivity contribution in [3.05, 3.63) is 48.1 Å². The highest BCUT2D eigenvalue weighted by Gasteiger charge is 2.24. The molecule has 10 heteroatoms. The number of halogens is 1. The zero-order chi connectivity index (χ0) is 27.2. The SMILES string of the molecule is C=CC(=O)CC1CCC(Nc2nc(Nc3ccc(OCCN4CCN(C)CC4)c(F)c3)nc3ccsc23)CC1. The molecule has 0 atom stereocenters. The number of ether oxygens (including phenoxy) is 1. The van der Waals surface area contributed by atoms with Crippen molar-refractivity contribution in [3.63, 3.8) is 0 Å². The van der Waals surface area contributed by atoms with E-state index in [2.05, 4.69) is 39.0 Å². The highest BCUT2D eigenvalue weighted by atomic mass is 32.1. The molecule has 39 heavy (non-hydrogen) atoms. The first kappa shape index (κ1) is 27.5. The fraction of sp³-hybridized carbons (Fsp3) is 0.483. The van der Waals surface area contributed by atoms with Crippen molar-refractivity contribution in [2.24, 2.45) is 5.92 Å². The highest BCUT2D eigenvalue weighted by Crippen LogP contribution is 2.33. The number of ketones is 1. The van der Waals surface area contributed by atoms with Crippen LogP contribution in [0.5, 0.6) is 5.75 Å². The molecule has 3 heterocycles. The molecular formula is C29H37FN6O2S. The molecule has 0 unspecified atom stereocenters. The van der Waals surface area contributed by atoms with Gasteiger partial charge in [-0.05, 0) is 68.3 Å². The van der Waals surface area contributed by atoms with Crippen LogP contribution in [0.15, 0.2) is 42.3 Å². The molecule has 208 valence electrons. The second kappa shape index (κ2) is 12.8. The number of piperazine rings is 1. The van der Waals surface area contributed by atoms with E-state index in [-0.39, 0.29) is 17.6 Å².